The fourth-order valence-corrected chi connectivity index (χ4v) is 2.42. The molecule has 1 aliphatic rings. The summed E-state index contributed by atoms with van der Waals surface area (Å²) in [5.74, 6) is 0.579. The van der Waals surface area contributed by atoms with Crippen molar-refractivity contribution in [1.29, 1.82) is 0 Å². The fourth-order valence-electron chi connectivity index (χ4n) is 2.05. The summed E-state index contributed by atoms with van der Waals surface area (Å²) in [5, 5.41) is 0. The van der Waals surface area contributed by atoms with Crippen LogP contribution in [0.15, 0.2) is 28.7 Å². The van der Waals surface area contributed by atoms with E-state index in [4.69, 9.17) is 4.74 Å². The number of amides is 1. The van der Waals surface area contributed by atoms with Crippen molar-refractivity contribution in [3.63, 3.8) is 0 Å². The number of rotatable bonds is 1. The Hall–Kier alpha value is -1.03. The first-order valence-corrected chi connectivity index (χ1v) is 6.71. The van der Waals surface area contributed by atoms with E-state index >= 15 is 0 Å². The molecule has 0 saturated carbocycles. The predicted octanol–water partition coefficient (Wildman–Crippen LogP) is 3.82. The van der Waals surface area contributed by atoms with Gasteiger partial charge in [0, 0.05) is 12.6 Å². The van der Waals surface area contributed by atoms with Crippen LogP contribution in [0.5, 0.6) is 5.75 Å². The summed E-state index contributed by atoms with van der Waals surface area (Å²) < 4.78 is 6.20. The van der Waals surface area contributed by atoms with Gasteiger partial charge in [-0.05, 0) is 54.2 Å². The van der Waals surface area contributed by atoms with Crippen LogP contribution in [0.2, 0.25) is 0 Å². The lowest BCUT2D eigenvalue weighted by molar-refractivity contribution is 0.118. The molecule has 0 N–H and O–H groups in total. The third kappa shape index (κ3) is 3.00. The van der Waals surface area contributed by atoms with Gasteiger partial charge >= 0.3 is 6.09 Å². The Morgan fingerprint density at radius 1 is 1.41 bits per heavy atom. The number of carbonyl (C=O) groups excluding carboxylic acids is 1. The van der Waals surface area contributed by atoms with Gasteiger partial charge < -0.3 is 9.64 Å². The molecule has 1 unspecified atom stereocenters. The van der Waals surface area contributed by atoms with Crippen molar-refractivity contribution in [2.75, 3.05) is 6.54 Å². The van der Waals surface area contributed by atoms with Crippen molar-refractivity contribution in [2.24, 2.45) is 0 Å². The first-order chi connectivity index (χ1) is 8.18. The molecule has 1 atom stereocenters. The van der Waals surface area contributed by atoms with E-state index in [2.05, 4.69) is 22.9 Å². The number of benzene rings is 1. The van der Waals surface area contributed by atoms with E-state index in [1.54, 1.807) is 6.07 Å². The molecule has 4 heteroatoms. The number of likely N-dealkylation sites (tertiary alicyclic amines) is 1. The van der Waals surface area contributed by atoms with E-state index in [0.717, 1.165) is 23.9 Å². The van der Waals surface area contributed by atoms with E-state index in [9.17, 15) is 4.79 Å². The summed E-state index contributed by atoms with van der Waals surface area (Å²) >= 11 is 3.37. The van der Waals surface area contributed by atoms with Crippen LogP contribution < -0.4 is 4.74 Å². The topological polar surface area (TPSA) is 29.5 Å². The van der Waals surface area contributed by atoms with Gasteiger partial charge in [0.2, 0.25) is 0 Å². The van der Waals surface area contributed by atoms with Crippen LogP contribution in [0.4, 0.5) is 4.79 Å². The summed E-state index contributed by atoms with van der Waals surface area (Å²) in [7, 11) is 0. The lowest BCUT2D eigenvalue weighted by atomic mass is 10.0. The van der Waals surface area contributed by atoms with Crippen LogP contribution in [-0.4, -0.2) is 23.6 Å². The Morgan fingerprint density at radius 3 is 2.88 bits per heavy atom. The summed E-state index contributed by atoms with van der Waals surface area (Å²) in [4.78, 5) is 13.8. The number of piperidine rings is 1. The Balaban J connectivity index is 2.03. The molecule has 0 aliphatic carbocycles. The van der Waals surface area contributed by atoms with Crippen molar-refractivity contribution in [2.45, 2.75) is 32.2 Å². The van der Waals surface area contributed by atoms with Crippen molar-refractivity contribution in [3.05, 3.63) is 28.7 Å². The van der Waals surface area contributed by atoms with Gasteiger partial charge in [-0.25, -0.2) is 4.79 Å². The van der Waals surface area contributed by atoms with Gasteiger partial charge in [-0.1, -0.05) is 12.1 Å². The predicted molar refractivity (Wildman–Crippen MR) is 70.2 cm³/mol. The number of nitrogens with zero attached hydrogens (tertiary/aromatic N) is 1. The highest BCUT2D eigenvalue weighted by Gasteiger charge is 2.25. The second kappa shape index (κ2) is 5.54. The number of carbonyl (C=O) groups is 1. The SMILES string of the molecule is CC1CCCCN1C(=O)Oc1ccccc1Br. The number of para-hydroxylation sites is 1. The van der Waals surface area contributed by atoms with E-state index < -0.39 is 0 Å². The monoisotopic (exact) mass is 297 g/mol. The van der Waals surface area contributed by atoms with Gasteiger partial charge in [0.05, 0.1) is 4.47 Å². The first kappa shape index (κ1) is 12.4. The molecule has 1 heterocycles. The van der Waals surface area contributed by atoms with Crippen LogP contribution in [0.3, 0.4) is 0 Å². The molecular formula is C13H16BrNO2. The molecule has 1 aromatic rings. The van der Waals surface area contributed by atoms with Crippen LogP contribution >= 0.6 is 15.9 Å². The standard InChI is InChI=1S/C13H16BrNO2/c1-10-6-4-5-9-15(10)13(16)17-12-8-3-2-7-11(12)14/h2-3,7-8,10H,4-6,9H2,1H3. The Labute approximate surface area is 110 Å². The third-order valence-corrected chi connectivity index (χ3v) is 3.73. The normalized spacial score (nSPS) is 20.1. The molecule has 2 rings (SSSR count). The molecule has 0 aromatic heterocycles. The van der Waals surface area contributed by atoms with Gasteiger partial charge in [-0.2, -0.15) is 0 Å². The lowest BCUT2D eigenvalue weighted by Crippen LogP contribution is -2.43. The summed E-state index contributed by atoms with van der Waals surface area (Å²) in [6.45, 7) is 2.87. The molecule has 17 heavy (non-hydrogen) atoms. The van der Waals surface area contributed by atoms with Crippen molar-refractivity contribution in [3.8, 4) is 5.75 Å². The van der Waals surface area contributed by atoms with Crippen LogP contribution in [0.25, 0.3) is 0 Å². The first-order valence-electron chi connectivity index (χ1n) is 5.91. The highest BCUT2D eigenvalue weighted by molar-refractivity contribution is 9.10. The zero-order valence-corrected chi connectivity index (χ0v) is 11.4. The van der Waals surface area contributed by atoms with E-state index in [1.807, 2.05) is 23.1 Å². The Kier molecular flexibility index (Phi) is 4.05. The molecule has 3 nitrogen and oxygen atoms in total. The highest BCUT2D eigenvalue weighted by Crippen LogP contribution is 2.25. The zero-order chi connectivity index (χ0) is 12.3. The summed E-state index contributed by atoms with van der Waals surface area (Å²) in [6.07, 6.45) is 3.07. The molecule has 1 aromatic carbocycles. The molecule has 0 spiro atoms. The molecule has 92 valence electrons. The van der Waals surface area contributed by atoms with Crippen molar-refractivity contribution >= 4 is 22.0 Å². The molecular weight excluding hydrogens is 282 g/mol. The second-order valence-electron chi connectivity index (χ2n) is 4.34. The number of hydrogen-bond donors (Lipinski definition) is 0. The average Bonchev–Trinajstić information content (AvgIpc) is 2.32. The Bertz CT molecular complexity index is 408. The van der Waals surface area contributed by atoms with E-state index in [0.29, 0.717) is 5.75 Å². The third-order valence-electron chi connectivity index (χ3n) is 3.07. The maximum Gasteiger partial charge on any atom is 0.415 e. The molecule has 1 saturated heterocycles. The van der Waals surface area contributed by atoms with E-state index in [-0.39, 0.29) is 12.1 Å². The minimum atomic E-state index is -0.246. The largest absolute Gasteiger partial charge is 0.415 e. The highest BCUT2D eigenvalue weighted by atomic mass is 79.9. The second-order valence-corrected chi connectivity index (χ2v) is 5.19. The fraction of sp³-hybridized carbons (Fsp3) is 0.462. The lowest BCUT2D eigenvalue weighted by Gasteiger charge is -2.32. The van der Waals surface area contributed by atoms with E-state index in [1.165, 1.54) is 6.42 Å². The molecule has 1 aliphatic heterocycles. The molecule has 0 bridgehead atoms. The summed E-state index contributed by atoms with van der Waals surface area (Å²) in [5.41, 5.74) is 0. The average molecular weight is 298 g/mol. The van der Waals surface area contributed by atoms with Gasteiger partial charge in [-0.15, -0.1) is 0 Å². The maximum absolute atomic E-state index is 12.0. The minimum Gasteiger partial charge on any atom is -0.409 e. The van der Waals surface area contributed by atoms with Crippen molar-refractivity contribution < 1.29 is 9.53 Å². The smallest absolute Gasteiger partial charge is 0.409 e. The quantitative estimate of drug-likeness (QED) is 0.788. The number of ether oxygens (including phenoxy) is 1. The maximum atomic E-state index is 12.0. The Morgan fingerprint density at radius 2 is 2.18 bits per heavy atom. The summed E-state index contributed by atoms with van der Waals surface area (Å²) in [6, 6.07) is 7.68. The van der Waals surface area contributed by atoms with Crippen molar-refractivity contribution in [1.82, 2.24) is 4.90 Å². The molecule has 0 radical (unpaired) electrons. The van der Waals surface area contributed by atoms with Gasteiger partial charge in [-0.3, -0.25) is 0 Å². The van der Waals surface area contributed by atoms with Crippen LogP contribution in [-0.2, 0) is 0 Å². The number of halogens is 1. The van der Waals surface area contributed by atoms with Crippen LogP contribution in [0.1, 0.15) is 26.2 Å². The van der Waals surface area contributed by atoms with Crippen LogP contribution in [0, 0.1) is 0 Å². The zero-order valence-electron chi connectivity index (χ0n) is 9.86. The van der Waals surface area contributed by atoms with Gasteiger partial charge in [0.1, 0.15) is 5.75 Å². The number of hydrogen-bond acceptors (Lipinski definition) is 2. The van der Waals surface area contributed by atoms with Gasteiger partial charge in [0.25, 0.3) is 0 Å². The van der Waals surface area contributed by atoms with Gasteiger partial charge in [0.15, 0.2) is 0 Å². The molecule has 1 amide bonds. The minimum absolute atomic E-state index is 0.246. The molecule has 1 fully saturated rings.